The molecule has 2 N–H and O–H groups in total. The van der Waals surface area contributed by atoms with Crippen molar-refractivity contribution in [2.75, 3.05) is 0 Å². The molecule has 0 fully saturated rings. The average Bonchev–Trinajstić information content (AvgIpc) is 2.64. The van der Waals surface area contributed by atoms with Gasteiger partial charge in [0.25, 0.3) is 0 Å². The van der Waals surface area contributed by atoms with Gasteiger partial charge in [0.2, 0.25) is 0 Å². The minimum Gasteiger partial charge on any atom is -0.328 e. The van der Waals surface area contributed by atoms with Gasteiger partial charge in [-0.25, -0.2) is 0 Å². The molecule has 5 atom stereocenters. The zero-order chi connectivity index (χ0) is 22.8. The first kappa shape index (κ1) is 30.0. The lowest BCUT2D eigenvalue weighted by Gasteiger charge is -2.16. The molecule has 0 spiro atoms. The molecule has 30 heavy (non-hydrogen) atoms. The molecule has 0 aliphatic rings. The highest BCUT2D eigenvalue weighted by molar-refractivity contribution is 4.62. The molecule has 1 heteroatoms. The molecule has 0 aliphatic carbocycles. The third-order valence-corrected chi connectivity index (χ3v) is 7.27. The molecule has 0 bridgehead atoms. The van der Waals surface area contributed by atoms with Gasteiger partial charge in [-0.05, 0) is 42.9 Å². The molecule has 0 saturated heterocycles. The van der Waals surface area contributed by atoms with Crippen molar-refractivity contribution in [1.29, 1.82) is 0 Å². The Bertz CT molecular complexity index is 314. The molecule has 0 heterocycles. The van der Waals surface area contributed by atoms with Crippen molar-refractivity contribution in [2.45, 2.75) is 157 Å². The summed E-state index contributed by atoms with van der Waals surface area (Å²) < 4.78 is 0. The maximum atomic E-state index is 5.85. The van der Waals surface area contributed by atoms with E-state index in [9.17, 15) is 0 Å². The van der Waals surface area contributed by atoms with Crippen LogP contribution in [0.4, 0.5) is 0 Å². The quantitative estimate of drug-likeness (QED) is 0.183. The van der Waals surface area contributed by atoms with Crippen molar-refractivity contribution in [3.63, 3.8) is 0 Å². The molecule has 182 valence electrons. The Hall–Kier alpha value is -0.0400. The summed E-state index contributed by atoms with van der Waals surface area (Å²) in [7, 11) is 0. The normalized spacial score (nSPS) is 17.1. The standard InChI is InChI=1S/C29H61N/c1-24(2)14-10-17-27(5)20-11-18-25(3)15-8-9-16-26(4)19-12-21-28(6)22-13-23-29(7)30/h24-29H,8-23,30H2,1-7H3. The highest BCUT2D eigenvalue weighted by atomic mass is 14.6. The number of hydrogen-bond donors (Lipinski definition) is 1. The Kier molecular flexibility index (Phi) is 19.6. The maximum Gasteiger partial charge on any atom is 0.00104 e. The molecule has 0 saturated carbocycles. The molecule has 0 rings (SSSR count). The first-order valence-electron chi connectivity index (χ1n) is 14.0. The van der Waals surface area contributed by atoms with E-state index in [2.05, 4.69) is 48.5 Å². The molecular formula is C29H61N. The maximum absolute atomic E-state index is 5.85. The van der Waals surface area contributed by atoms with Gasteiger partial charge >= 0.3 is 0 Å². The molecule has 0 amide bonds. The molecule has 5 unspecified atom stereocenters. The predicted octanol–water partition coefficient (Wildman–Crippen LogP) is 9.78. The van der Waals surface area contributed by atoms with Gasteiger partial charge in [0.05, 0.1) is 0 Å². The summed E-state index contributed by atoms with van der Waals surface area (Å²) in [6, 6.07) is 0.378. The van der Waals surface area contributed by atoms with E-state index in [4.69, 9.17) is 5.73 Å². The summed E-state index contributed by atoms with van der Waals surface area (Å²) in [6.07, 6.45) is 22.5. The van der Waals surface area contributed by atoms with Gasteiger partial charge in [0.15, 0.2) is 0 Å². The van der Waals surface area contributed by atoms with Gasteiger partial charge in [-0.15, -0.1) is 0 Å². The zero-order valence-corrected chi connectivity index (χ0v) is 22.4. The number of unbranched alkanes of at least 4 members (excludes halogenated alkanes) is 1. The van der Waals surface area contributed by atoms with Crippen LogP contribution in [-0.4, -0.2) is 6.04 Å². The molecule has 0 aromatic carbocycles. The van der Waals surface area contributed by atoms with Crippen molar-refractivity contribution in [2.24, 2.45) is 35.3 Å². The highest BCUT2D eigenvalue weighted by Gasteiger charge is 2.09. The minimum atomic E-state index is 0.378. The van der Waals surface area contributed by atoms with E-state index >= 15 is 0 Å². The van der Waals surface area contributed by atoms with E-state index in [0.717, 1.165) is 29.6 Å². The van der Waals surface area contributed by atoms with Crippen molar-refractivity contribution >= 4 is 0 Å². The van der Waals surface area contributed by atoms with Gasteiger partial charge < -0.3 is 5.73 Å². The molecule has 0 aromatic rings. The number of nitrogens with two attached hydrogens (primary N) is 1. The largest absolute Gasteiger partial charge is 0.328 e. The first-order chi connectivity index (χ1) is 14.2. The third-order valence-electron chi connectivity index (χ3n) is 7.27. The molecular weight excluding hydrogens is 362 g/mol. The average molecular weight is 424 g/mol. The van der Waals surface area contributed by atoms with E-state index < -0.39 is 0 Å². The fraction of sp³-hybridized carbons (Fsp3) is 1.00. The van der Waals surface area contributed by atoms with Crippen LogP contribution in [0.1, 0.15) is 151 Å². The number of rotatable bonds is 21. The summed E-state index contributed by atoms with van der Waals surface area (Å²) >= 11 is 0. The monoisotopic (exact) mass is 423 g/mol. The zero-order valence-electron chi connectivity index (χ0n) is 22.4. The van der Waals surface area contributed by atoms with Gasteiger partial charge in [0, 0.05) is 6.04 Å². The minimum absolute atomic E-state index is 0.378. The van der Waals surface area contributed by atoms with Crippen molar-refractivity contribution < 1.29 is 0 Å². The van der Waals surface area contributed by atoms with Crippen LogP contribution in [0.3, 0.4) is 0 Å². The topological polar surface area (TPSA) is 26.0 Å². The van der Waals surface area contributed by atoms with Gasteiger partial charge in [-0.2, -0.15) is 0 Å². The Balaban J connectivity index is 3.54. The lowest BCUT2D eigenvalue weighted by molar-refractivity contribution is 0.370. The Morgan fingerprint density at radius 2 is 0.633 bits per heavy atom. The number of hydrogen-bond acceptors (Lipinski definition) is 1. The SMILES string of the molecule is CC(C)CCCC(C)CCCC(C)CCCCC(C)CCCC(C)CCCC(C)N. The Labute approximate surface area is 192 Å². The first-order valence-corrected chi connectivity index (χ1v) is 14.0. The van der Waals surface area contributed by atoms with Crippen LogP contribution < -0.4 is 5.73 Å². The van der Waals surface area contributed by atoms with Crippen molar-refractivity contribution in [3.8, 4) is 0 Å². The highest BCUT2D eigenvalue weighted by Crippen LogP contribution is 2.24. The molecule has 0 aliphatic heterocycles. The van der Waals surface area contributed by atoms with Crippen LogP contribution >= 0.6 is 0 Å². The fourth-order valence-electron chi connectivity index (χ4n) is 4.86. The summed E-state index contributed by atoms with van der Waals surface area (Å²) in [5.41, 5.74) is 5.85. The second-order valence-electron chi connectivity index (χ2n) is 11.8. The van der Waals surface area contributed by atoms with Crippen LogP contribution in [-0.2, 0) is 0 Å². The lowest BCUT2D eigenvalue weighted by atomic mass is 9.90. The second kappa shape index (κ2) is 19.6. The lowest BCUT2D eigenvalue weighted by Crippen LogP contribution is -2.14. The van der Waals surface area contributed by atoms with E-state index in [-0.39, 0.29) is 0 Å². The Morgan fingerprint density at radius 1 is 0.367 bits per heavy atom. The van der Waals surface area contributed by atoms with Gasteiger partial charge in [-0.1, -0.05) is 138 Å². The predicted molar refractivity (Wildman–Crippen MR) is 139 cm³/mol. The smallest absolute Gasteiger partial charge is 0.00104 e. The summed E-state index contributed by atoms with van der Waals surface area (Å²) in [6.45, 7) is 16.7. The summed E-state index contributed by atoms with van der Waals surface area (Å²) in [4.78, 5) is 0. The second-order valence-corrected chi connectivity index (χ2v) is 11.8. The van der Waals surface area contributed by atoms with Crippen LogP contribution in [0.2, 0.25) is 0 Å². The van der Waals surface area contributed by atoms with Crippen LogP contribution in [0.25, 0.3) is 0 Å². The summed E-state index contributed by atoms with van der Waals surface area (Å²) in [5, 5.41) is 0. The van der Waals surface area contributed by atoms with E-state index in [1.54, 1.807) is 0 Å². The Morgan fingerprint density at radius 3 is 0.933 bits per heavy atom. The van der Waals surface area contributed by atoms with Crippen molar-refractivity contribution in [3.05, 3.63) is 0 Å². The van der Waals surface area contributed by atoms with Crippen LogP contribution in [0.15, 0.2) is 0 Å². The summed E-state index contributed by atoms with van der Waals surface area (Å²) in [5.74, 6) is 4.54. The van der Waals surface area contributed by atoms with E-state index in [1.165, 1.54) is 103 Å². The molecule has 0 radical (unpaired) electrons. The van der Waals surface area contributed by atoms with E-state index in [1.807, 2.05) is 0 Å². The van der Waals surface area contributed by atoms with Gasteiger partial charge in [-0.3, -0.25) is 0 Å². The van der Waals surface area contributed by atoms with Crippen molar-refractivity contribution in [1.82, 2.24) is 0 Å². The molecule has 1 nitrogen and oxygen atoms in total. The van der Waals surface area contributed by atoms with Gasteiger partial charge in [0.1, 0.15) is 0 Å². The van der Waals surface area contributed by atoms with E-state index in [0.29, 0.717) is 6.04 Å². The van der Waals surface area contributed by atoms with Crippen LogP contribution in [0, 0.1) is 29.6 Å². The molecule has 0 aromatic heterocycles. The fourth-order valence-corrected chi connectivity index (χ4v) is 4.86. The van der Waals surface area contributed by atoms with Crippen LogP contribution in [0.5, 0.6) is 0 Å². The third kappa shape index (κ3) is 21.2.